The normalized spacial score (nSPS) is 12.2. The van der Waals surface area contributed by atoms with Crippen LogP contribution in [0.1, 0.15) is 10.5 Å². The molecule has 0 unspecified atom stereocenters. The summed E-state index contributed by atoms with van der Waals surface area (Å²) in [5.74, 6) is -0.754. The predicted molar refractivity (Wildman–Crippen MR) is 143 cm³/mol. The van der Waals surface area contributed by atoms with Gasteiger partial charge in [0, 0.05) is 20.9 Å². The van der Waals surface area contributed by atoms with Crippen LogP contribution in [0.4, 0.5) is 5.69 Å². The fourth-order valence-corrected chi connectivity index (χ4v) is 6.15. The van der Waals surface area contributed by atoms with Gasteiger partial charge in [0.05, 0.1) is 21.0 Å². The van der Waals surface area contributed by atoms with E-state index in [1.54, 1.807) is 42.5 Å². The number of nitrogens with two attached hydrogens (primary N) is 2. The van der Waals surface area contributed by atoms with Gasteiger partial charge in [-0.25, -0.2) is 26.7 Å². The van der Waals surface area contributed by atoms with E-state index in [-0.39, 0.29) is 21.2 Å². The molecule has 1 heterocycles. The Hall–Kier alpha value is -3.78. The molecule has 1 amide bonds. The minimum absolute atomic E-state index is 0.00698. The number of rotatable bonds is 6. The number of carbonyl (C=O) groups excluding carboxylic acids is 1. The maximum absolute atomic E-state index is 13.0. The third-order valence-electron chi connectivity index (χ3n) is 5.66. The van der Waals surface area contributed by atoms with Gasteiger partial charge in [-0.1, -0.05) is 34.1 Å². The number of nitrogens with one attached hydrogen (secondary N) is 1. The Morgan fingerprint density at radius 1 is 0.865 bits per heavy atom. The van der Waals surface area contributed by atoms with E-state index < -0.39 is 26.0 Å². The molecule has 0 aliphatic heterocycles. The Bertz CT molecular complexity index is 1940. The molecule has 0 aliphatic carbocycles. The zero-order valence-corrected chi connectivity index (χ0v) is 22.0. The highest BCUT2D eigenvalue weighted by molar-refractivity contribution is 9.10. The molecule has 37 heavy (non-hydrogen) atoms. The van der Waals surface area contributed by atoms with Crippen molar-refractivity contribution in [2.45, 2.75) is 9.79 Å². The molecule has 5 N–H and O–H groups in total. The van der Waals surface area contributed by atoms with Crippen LogP contribution in [0.25, 0.3) is 27.4 Å². The Labute approximate surface area is 220 Å². The summed E-state index contributed by atoms with van der Waals surface area (Å²) < 4.78 is 53.9. The van der Waals surface area contributed by atoms with Crippen molar-refractivity contribution in [2.75, 3.05) is 4.72 Å². The van der Waals surface area contributed by atoms with Crippen molar-refractivity contribution in [3.05, 3.63) is 89.0 Å². The van der Waals surface area contributed by atoms with Crippen LogP contribution < -0.4 is 15.6 Å². The first-order chi connectivity index (χ1) is 17.4. The number of anilines is 1. The maximum Gasteiger partial charge on any atom is 0.269 e. The topological polar surface area (TPSA) is 167 Å². The molecule has 0 aliphatic rings. The van der Waals surface area contributed by atoms with Gasteiger partial charge in [0.25, 0.3) is 15.9 Å². The van der Waals surface area contributed by atoms with Crippen LogP contribution in [0.15, 0.2) is 93.1 Å². The summed E-state index contributed by atoms with van der Waals surface area (Å²) in [5.41, 5.74) is 6.80. The number of carbonyl (C=O) groups is 1. The molecular formula is C24H18BrN5O5S2. The number of nitrogens with zero attached hydrogens (tertiary/aromatic N) is 2. The van der Waals surface area contributed by atoms with E-state index in [0.717, 1.165) is 5.39 Å². The fourth-order valence-electron chi connectivity index (χ4n) is 3.98. The van der Waals surface area contributed by atoms with Crippen LogP contribution in [-0.2, 0) is 20.0 Å². The van der Waals surface area contributed by atoms with Gasteiger partial charge in [-0.2, -0.15) is 5.10 Å². The van der Waals surface area contributed by atoms with Crippen LogP contribution in [0.3, 0.4) is 0 Å². The Kier molecular flexibility index (Phi) is 6.02. The lowest BCUT2D eigenvalue weighted by atomic mass is 10.0. The van der Waals surface area contributed by atoms with Gasteiger partial charge < -0.3 is 5.73 Å². The molecule has 0 bridgehead atoms. The SMILES string of the molecule is NC(=O)c1nn(-c2ccc(S(N)(=O)=O)cc2)c2c1ccc1ccc(NS(=O)(=O)c3cccc(Br)c3)cc12. The number of halogens is 1. The second kappa shape index (κ2) is 8.95. The smallest absolute Gasteiger partial charge is 0.269 e. The van der Waals surface area contributed by atoms with Gasteiger partial charge >= 0.3 is 0 Å². The molecule has 5 aromatic rings. The molecule has 5 rings (SSSR count). The van der Waals surface area contributed by atoms with Gasteiger partial charge in [-0.05, 0) is 66.0 Å². The number of primary sulfonamides is 1. The van der Waals surface area contributed by atoms with Gasteiger partial charge in [0.1, 0.15) is 0 Å². The summed E-state index contributed by atoms with van der Waals surface area (Å²) >= 11 is 3.28. The third-order valence-corrected chi connectivity index (χ3v) is 8.46. The molecule has 188 valence electrons. The number of benzene rings is 4. The van der Waals surface area contributed by atoms with Crippen molar-refractivity contribution in [3.63, 3.8) is 0 Å². The van der Waals surface area contributed by atoms with Crippen molar-refractivity contribution >= 4 is 69.2 Å². The minimum atomic E-state index is -3.91. The number of hydrogen-bond donors (Lipinski definition) is 3. The van der Waals surface area contributed by atoms with Gasteiger partial charge in [0.15, 0.2) is 5.69 Å². The van der Waals surface area contributed by atoms with E-state index in [1.165, 1.54) is 41.1 Å². The Morgan fingerprint density at radius 2 is 1.57 bits per heavy atom. The van der Waals surface area contributed by atoms with E-state index in [9.17, 15) is 21.6 Å². The van der Waals surface area contributed by atoms with Crippen molar-refractivity contribution in [1.82, 2.24) is 9.78 Å². The zero-order chi connectivity index (χ0) is 26.5. The average Bonchev–Trinajstić information content (AvgIpc) is 3.24. The van der Waals surface area contributed by atoms with Crippen LogP contribution in [-0.4, -0.2) is 32.5 Å². The maximum atomic E-state index is 13.0. The summed E-state index contributed by atoms with van der Waals surface area (Å²) in [7, 11) is -7.80. The van der Waals surface area contributed by atoms with E-state index in [2.05, 4.69) is 25.8 Å². The number of hydrogen-bond acceptors (Lipinski definition) is 6. The molecule has 1 aromatic heterocycles. The standard InChI is InChI=1S/C24H18BrN5O5S2/c25-15-2-1-3-19(12-15)37(34,35)29-16-6-4-14-5-11-20-22(24(26)31)28-30(23(20)21(14)13-16)17-7-9-18(10-8-17)36(27,32)33/h1-13,29H,(H2,26,31)(H2,27,32,33). The number of fused-ring (bicyclic) bond motifs is 3. The highest BCUT2D eigenvalue weighted by Gasteiger charge is 2.20. The van der Waals surface area contributed by atoms with Gasteiger partial charge in [-0.3, -0.25) is 9.52 Å². The van der Waals surface area contributed by atoms with Crippen LogP contribution in [0.2, 0.25) is 0 Å². The molecule has 0 saturated heterocycles. The molecule has 13 heteroatoms. The first-order valence-corrected chi connectivity index (χ1v) is 14.4. The number of primary amides is 1. The van der Waals surface area contributed by atoms with Crippen LogP contribution >= 0.6 is 15.9 Å². The number of amides is 1. The van der Waals surface area contributed by atoms with E-state index in [1.807, 2.05) is 0 Å². The van der Waals surface area contributed by atoms with E-state index in [4.69, 9.17) is 10.9 Å². The Morgan fingerprint density at radius 3 is 2.22 bits per heavy atom. The average molecular weight is 600 g/mol. The molecule has 0 spiro atoms. The molecule has 0 radical (unpaired) electrons. The lowest BCUT2D eigenvalue weighted by molar-refractivity contribution is 0.0996. The van der Waals surface area contributed by atoms with Crippen LogP contribution in [0.5, 0.6) is 0 Å². The first-order valence-electron chi connectivity index (χ1n) is 10.6. The summed E-state index contributed by atoms with van der Waals surface area (Å²) in [5, 5.41) is 11.4. The first kappa shape index (κ1) is 24.9. The van der Waals surface area contributed by atoms with Crippen molar-refractivity contribution < 1.29 is 21.6 Å². The van der Waals surface area contributed by atoms with E-state index >= 15 is 0 Å². The molecule has 0 fully saturated rings. The molecule has 4 aromatic carbocycles. The lowest BCUT2D eigenvalue weighted by Crippen LogP contribution is -2.13. The number of sulfonamides is 2. The molecule has 0 atom stereocenters. The summed E-state index contributed by atoms with van der Waals surface area (Å²) in [6.45, 7) is 0. The van der Waals surface area contributed by atoms with Gasteiger partial charge in [-0.15, -0.1) is 0 Å². The zero-order valence-electron chi connectivity index (χ0n) is 18.8. The fraction of sp³-hybridized carbons (Fsp3) is 0. The van der Waals surface area contributed by atoms with Gasteiger partial charge in [0.2, 0.25) is 10.0 Å². The molecule has 0 saturated carbocycles. The summed E-state index contributed by atoms with van der Waals surface area (Å²) in [4.78, 5) is 12.2. The van der Waals surface area contributed by atoms with Crippen molar-refractivity contribution in [3.8, 4) is 5.69 Å². The Balaban J connectivity index is 1.70. The monoisotopic (exact) mass is 599 g/mol. The minimum Gasteiger partial charge on any atom is -0.364 e. The lowest BCUT2D eigenvalue weighted by Gasteiger charge is -2.11. The quantitative estimate of drug-likeness (QED) is 0.270. The largest absolute Gasteiger partial charge is 0.364 e. The van der Waals surface area contributed by atoms with E-state index in [0.29, 0.717) is 26.4 Å². The van der Waals surface area contributed by atoms with Crippen LogP contribution in [0, 0.1) is 0 Å². The molecular weight excluding hydrogens is 582 g/mol. The second-order valence-corrected chi connectivity index (χ2v) is 12.3. The predicted octanol–water partition coefficient (Wildman–Crippen LogP) is 3.49. The van der Waals surface area contributed by atoms with Crippen molar-refractivity contribution in [1.29, 1.82) is 0 Å². The third kappa shape index (κ3) is 4.69. The number of aromatic nitrogens is 2. The molecule has 10 nitrogen and oxygen atoms in total. The van der Waals surface area contributed by atoms with Crippen molar-refractivity contribution in [2.24, 2.45) is 10.9 Å². The summed E-state index contributed by atoms with van der Waals surface area (Å²) in [6, 6.07) is 20.4. The summed E-state index contributed by atoms with van der Waals surface area (Å²) in [6.07, 6.45) is 0. The highest BCUT2D eigenvalue weighted by atomic mass is 79.9. The second-order valence-electron chi connectivity index (χ2n) is 8.12. The highest BCUT2D eigenvalue weighted by Crippen LogP contribution is 2.32.